The van der Waals surface area contributed by atoms with Crippen LogP contribution in [0.4, 0.5) is 0 Å². The standard InChI is InChI=1S/C25H31NO3/c1-24-13-12-22(29)26(15-16-6-4-3-5-7-16)20(24)10-8-17-18-9-11-21(28)25(18,2)14-19(27)23(17)24/h3-7,10,17-18,21,23,28H,8-9,11-15H2,1-2H3/t17?,18-,21?,23+,24-,25?/m0/s1. The van der Waals surface area contributed by atoms with E-state index in [1.165, 1.54) is 0 Å². The predicted molar refractivity (Wildman–Crippen MR) is 110 cm³/mol. The lowest BCUT2D eigenvalue weighted by molar-refractivity contribution is -0.152. The number of nitrogens with zero attached hydrogens (tertiary/aromatic N) is 1. The Morgan fingerprint density at radius 1 is 1.14 bits per heavy atom. The number of rotatable bonds is 2. The van der Waals surface area contributed by atoms with Gasteiger partial charge in [-0.15, -0.1) is 0 Å². The van der Waals surface area contributed by atoms with Crippen LogP contribution < -0.4 is 0 Å². The third kappa shape index (κ3) is 2.68. The number of benzene rings is 1. The third-order valence-corrected chi connectivity index (χ3v) is 8.69. The number of carbonyl (C=O) groups excluding carboxylic acids is 2. The summed E-state index contributed by atoms with van der Waals surface area (Å²) < 4.78 is 0. The zero-order valence-corrected chi connectivity index (χ0v) is 17.4. The van der Waals surface area contributed by atoms with Crippen LogP contribution >= 0.6 is 0 Å². The van der Waals surface area contributed by atoms with Crippen molar-refractivity contribution in [3.05, 3.63) is 47.7 Å². The molecule has 1 saturated heterocycles. The van der Waals surface area contributed by atoms with E-state index in [1.807, 2.05) is 23.1 Å². The van der Waals surface area contributed by atoms with Crippen LogP contribution in [0.2, 0.25) is 0 Å². The van der Waals surface area contributed by atoms with Gasteiger partial charge in [-0.25, -0.2) is 0 Å². The average molecular weight is 394 g/mol. The molecule has 3 unspecified atom stereocenters. The fourth-order valence-electron chi connectivity index (χ4n) is 7.20. The lowest BCUT2D eigenvalue weighted by atomic mass is 9.49. The Hall–Kier alpha value is -1.94. The molecule has 0 bridgehead atoms. The summed E-state index contributed by atoms with van der Waals surface area (Å²) in [5.41, 5.74) is 1.63. The van der Waals surface area contributed by atoms with Gasteiger partial charge < -0.3 is 10.0 Å². The maximum atomic E-state index is 13.5. The highest BCUT2D eigenvalue weighted by atomic mass is 16.3. The van der Waals surface area contributed by atoms with Crippen molar-refractivity contribution in [2.24, 2.45) is 28.6 Å². The van der Waals surface area contributed by atoms with E-state index in [0.717, 1.165) is 36.9 Å². The summed E-state index contributed by atoms with van der Waals surface area (Å²) in [6.07, 6.45) is 6.29. The Kier molecular flexibility index (Phi) is 4.29. The number of fused-ring (bicyclic) bond motifs is 5. The molecule has 6 atom stereocenters. The van der Waals surface area contributed by atoms with Gasteiger partial charge >= 0.3 is 0 Å². The molecule has 1 aromatic rings. The molecule has 5 rings (SSSR count). The molecule has 4 nitrogen and oxygen atoms in total. The number of piperidine rings is 1. The van der Waals surface area contributed by atoms with Gasteiger partial charge in [0.25, 0.3) is 0 Å². The largest absolute Gasteiger partial charge is 0.393 e. The summed E-state index contributed by atoms with van der Waals surface area (Å²) in [5.74, 6) is 1.13. The van der Waals surface area contributed by atoms with Gasteiger partial charge in [-0.2, -0.15) is 0 Å². The van der Waals surface area contributed by atoms with Gasteiger partial charge in [-0.05, 0) is 43.1 Å². The topological polar surface area (TPSA) is 57.6 Å². The van der Waals surface area contributed by atoms with E-state index < -0.39 is 0 Å². The van der Waals surface area contributed by atoms with Crippen molar-refractivity contribution < 1.29 is 14.7 Å². The SMILES string of the molecule is CC12CC(=O)[C@H]3C(CC=C4N(Cc5ccccc5)C(=O)CC[C@@]43C)[C@@H]1CCC2O. The van der Waals surface area contributed by atoms with Crippen LogP contribution in [-0.2, 0) is 16.1 Å². The van der Waals surface area contributed by atoms with Crippen molar-refractivity contribution in [2.75, 3.05) is 0 Å². The van der Waals surface area contributed by atoms with Crippen LogP contribution in [-0.4, -0.2) is 27.8 Å². The number of carbonyl (C=O) groups is 2. The normalized spacial score (nSPS) is 41.5. The summed E-state index contributed by atoms with van der Waals surface area (Å²) in [7, 11) is 0. The van der Waals surface area contributed by atoms with Crippen LogP contribution in [0.3, 0.4) is 0 Å². The number of aliphatic hydroxyl groups excluding tert-OH is 1. The van der Waals surface area contributed by atoms with Crippen LogP contribution in [0.1, 0.15) is 57.9 Å². The molecule has 1 amide bonds. The number of amides is 1. The molecular formula is C25H31NO3. The number of ketones is 1. The predicted octanol–water partition coefficient (Wildman–Crippen LogP) is 4.09. The van der Waals surface area contributed by atoms with Crippen molar-refractivity contribution in [3.8, 4) is 0 Å². The molecule has 0 aromatic heterocycles. The Morgan fingerprint density at radius 3 is 2.66 bits per heavy atom. The van der Waals surface area contributed by atoms with Crippen LogP contribution in [0, 0.1) is 28.6 Å². The second kappa shape index (κ2) is 6.53. The van der Waals surface area contributed by atoms with Gasteiger partial charge in [-0.1, -0.05) is 50.3 Å². The summed E-state index contributed by atoms with van der Waals surface area (Å²) in [5, 5.41) is 10.6. The van der Waals surface area contributed by atoms with Gasteiger partial charge in [0.2, 0.25) is 5.91 Å². The minimum absolute atomic E-state index is 0.0303. The molecule has 29 heavy (non-hydrogen) atoms. The first-order chi connectivity index (χ1) is 13.8. The van der Waals surface area contributed by atoms with Gasteiger partial charge in [-0.3, -0.25) is 9.59 Å². The minimum atomic E-state index is -0.363. The maximum Gasteiger partial charge on any atom is 0.227 e. The third-order valence-electron chi connectivity index (χ3n) is 8.69. The molecular weight excluding hydrogens is 362 g/mol. The fourth-order valence-corrected chi connectivity index (χ4v) is 7.20. The van der Waals surface area contributed by atoms with Crippen LogP contribution in [0.5, 0.6) is 0 Å². The van der Waals surface area contributed by atoms with E-state index in [2.05, 4.69) is 32.1 Å². The lowest BCUT2D eigenvalue weighted by Crippen LogP contribution is -2.57. The van der Waals surface area contributed by atoms with Gasteiger partial charge in [0.1, 0.15) is 5.78 Å². The Labute approximate surface area is 173 Å². The van der Waals surface area contributed by atoms with Crippen LogP contribution in [0.15, 0.2) is 42.1 Å². The number of Topliss-reactive ketones (excluding diaryl/α,β-unsaturated/α-hetero) is 1. The molecule has 1 aromatic carbocycles. The van der Waals surface area contributed by atoms with E-state index >= 15 is 0 Å². The maximum absolute atomic E-state index is 13.5. The molecule has 0 radical (unpaired) electrons. The Bertz CT molecular complexity index is 877. The number of hydrogen-bond donors (Lipinski definition) is 1. The van der Waals surface area contributed by atoms with Gasteiger partial charge in [0.05, 0.1) is 12.6 Å². The average Bonchev–Trinajstić information content (AvgIpc) is 2.99. The number of likely N-dealkylation sites (tertiary alicyclic amines) is 1. The second-order valence-electron chi connectivity index (χ2n) is 10.2. The molecule has 4 heteroatoms. The quantitative estimate of drug-likeness (QED) is 0.823. The molecule has 4 aliphatic rings. The number of allylic oxidation sites excluding steroid dienone is 2. The summed E-state index contributed by atoms with van der Waals surface area (Å²) in [4.78, 5) is 28.3. The molecule has 3 aliphatic carbocycles. The van der Waals surface area contributed by atoms with Crippen molar-refractivity contribution in [2.45, 2.75) is 65.0 Å². The number of hydrogen-bond acceptors (Lipinski definition) is 3. The van der Waals surface area contributed by atoms with E-state index in [9.17, 15) is 14.7 Å². The molecule has 2 saturated carbocycles. The zero-order chi connectivity index (χ0) is 20.4. The van der Waals surface area contributed by atoms with Crippen molar-refractivity contribution in [1.29, 1.82) is 0 Å². The number of aliphatic hydroxyl groups is 1. The van der Waals surface area contributed by atoms with Crippen molar-refractivity contribution >= 4 is 11.7 Å². The molecule has 1 heterocycles. The highest BCUT2D eigenvalue weighted by Gasteiger charge is 2.62. The molecule has 0 spiro atoms. The van der Waals surface area contributed by atoms with Crippen molar-refractivity contribution in [1.82, 2.24) is 4.90 Å². The monoisotopic (exact) mass is 393 g/mol. The first-order valence-electron chi connectivity index (χ1n) is 11.1. The Balaban J connectivity index is 1.52. The van der Waals surface area contributed by atoms with Gasteiger partial charge in [0.15, 0.2) is 0 Å². The molecule has 1 N–H and O–H groups in total. The fraction of sp³-hybridized carbons (Fsp3) is 0.600. The first-order valence-corrected chi connectivity index (χ1v) is 11.1. The highest BCUT2D eigenvalue weighted by molar-refractivity contribution is 5.87. The smallest absolute Gasteiger partial charge is 0.227 e. The molecule has 1 aliphatic heterocycles. The van der Waals surface area contributed by atoms with E-state index in [1.54, 1.807) is 0 Å². The summed E-state index contributed by atoms with van der Waals surface area (Å²) in [6, 6.07) is 10.1. The first kappa shape index (κ1) is 19.0. The lowest BCUT2D eigenvalue weighted by Gasteiger charge is -2.57. The highest BCUT2D eigenvalue weighted by Crippen LogP contribution is 2.63. The summed E-state index contributed by atoms with van der Waals surface area (Å²) in [6.45, 7) is 4.91. The Morgan fingerprint density at radius 2 is 1.90 bits per heavy atom. The zero-order valence-electron chi connectivity index (χ0n) is 17.4. The van der Waals surface area contributed by atoms with E-state index in [0.29, 0.717) is 37.0 Å². The summed E-state index contributed by atoms with van der Waals surface area (Å²) >= 11 is 0. The molecule has 154 valence electrons. The van der Waals surface area contributed by atoms with Crippen molar-refractivity contribution in [3.63, 3.8) is 0 Å². The van der Waals surface area contributed by atoms with Crippen LogP contribution in [0.25, 0.3) is 0 Å². The minimum Gasteiger partial charge on any atom is -0.393 e. The molecule has 3 fully saturated rings. The van der Waals surface area contributed by atoms with E-state index in [4.69, 9.17) is 0 Å². The van der Waals surface area contributed by atoms with E-state index in [-0.39, 0.29) is 28.8 Å². The second-order valence-corrected chi connectivity index (χ2v) is 10.2. The van der Waals surface area contributed by atoms with Gasteiger partial charge in [0, 0.05) is 35.3 Å².